The van der Waals surface area contributed by atoms with Crippen LogP contribution in [0.25, 0.3) is 0 Å². The number of aromatic nitrogens is 1. The standard InChI is InChI=1S/C14H17N3O3S/c1-2-5-8-11(18)16-13(20)17(12(8)19)14-15-9-6-3-4-7-10(9)21-14/h8H,2-7H2,1H3,(H,16,18,20). The zero-order chi connectivity index (χ0) is 15.0. The van der Waals surface area contributed by atoms with E-state index < -0.39 is 23.8 Å². The van der Waals surface area contributed by atoms with Gasteiger partial charge in [0.1, 0.15) is 5.92 Å². The molecule has 3 rings (SSSR count). The van der Waals surface area contributed by atoms with Gasteiger partial charge in [0.05, 0.1) is 5.69 Å². The molecule has 1 atom stereocenters. The molecule has 0 saturated carbocycles. The number of carbonyl (C=O) groups is 3. The topological polar surface area (TPSA) is 79.4 Å². The molecule has 6 nitrogen and oxygen atoms in total. The number of urea groups is 1. The van der Waals surface area contributed by atoms with Crippen molar-refractivity contribution in [2.75, 3.05) is 4.90 Å². The van der Waals surface area contributed by atoms with Gasteiger partial charge in [0, 0.05) is 4.88 Å². The first kappa shape index (κ1) is 14.2. The van der Waals surface area contributed by atoms with E-state index in [1.54, 1.807) is 0 Å². The van der Waals surface area contributed by atoms with Crippen molar-refractivity contribution in [2.45, 2.75) is 45.4 Å². The molecule has 1 saturated heterocycles. The number of fused-ring (bicyclic) bond motifs is 1. The van der Waals surface area contributed by atoms with E-state index >= 15 is 0 Å². The number of aryl methyl sites for hydroxylation is 2. The Hall–Kier alpha value is -1.76. The quantitative estimate of drug-likeness (QED) is 0.866. The van der Waals surface area contributed by atoms with Crippen molar-refractivity contribution >= 4 is 34.3 Å². The Morgan fingerprint density at radius 1 is 1.29 bits per heavy atom. The van der Waals surface area contributed by atoms with Crippen LogP contribution in [0.3, 0.4) is 0 Å². The molecule has 1 N–H and O–H groups in total. The number of amides is 4. The van der Waals surface area contributed by atoms with Crippen LogP contribution in [0.2, 0.25) is 0 Å². The fraction of sp³-hybridized carbons (Fsp3) is 0.571. The number of anilines is 1. The summed E-state index contributed by atoms with van der Waals surface area (Å²) < 4.78 is 0. The van der Waals surface area contributed by atoms with Crippen molar-refractivity contribution in [2.24, 2.45) is 5.92 Å². The third-order valence-corrected chi connectivity index (χ3v) is 5.01. The van der Waals surface area contributed by atoms with Gasteiger partial charge in [-0.2, -0.15) is 0 Å². The Morgan fingerprint density at radius 2 is 2.05 bits per heavy atom. The first-order valence-electron chi connectivity index (χ1n) is 7.29. The number of imide groups is 2. The van der Waals surface area contributed by atoms with Crippen molar-refractivity contribution < 1.29 is 14.4 Å². The minimum atomic E-state index is -0.784. The maximum atomic E-state index is 12.5. The van der Waals surface area contributed by atoms with E-state index in [0.29, 0.717) is 18.0 Å². The molecule has 0 bridgehead atoms. The van der Waals surface area contributed by atoms with Gasteiger partial charge in [0.2, 0.25) is 16.9 Å². The molecule has 4 amide bonds. The maximum Gasteiger partial charge on any atom is 0.337 e. The fourth-order valence-electron chi connectivity index (χ4n) is 2.77. The number of barbiturate groups is 1. The number of nitrogens with one attached hydrogen (secondary N) is 1. The molecule has 1 aromatic rings. The van der Waals surface area contributed by atoms with Crippen molar-refractivity contribution in [3.05, 3.63) is 10.6 Å². The SMILES string of the molecule is CCCC1C(=O)NC(=O)N(c2nc3c(s2)CCCC3)C1=O. The van der Waals surface area contributed by atoms with E-state index in [-0.39, 0.29) is 0 Å². The average Bonchev–Trinajstić information content (AvgIpc) is 2.86. The van der Waals surface area contributed by atoms with Gasteiger partial charge in [-0.25, -0.2) is 14.7 Å². The monoisotopic (exact) mass is 307 g/mol. The van der Waals surface area contributed by atoms with Gasteiger partial charge >= 0.3 is 6.03 Å². The number of rotatable bonds is 3. The summed E-state index contributed by atoms with van der Waals surface area (Å²) in [7, 11) is 0. The highest BCUT2D eigenvalue weighted by atomic mass is 32.1. The lowest BCUT2D eigenvalue weighted by Gasteiger charge is -2.28. The van der Waals surface area contributed by atoms with Crippen LogP contribution < -0.4 is 10.2 Å². The molecule has 1 aromatic heterocycles. The van der Waals surface area contributed by atoms with Crippen LogP contribution >= 0.6 is 11.3 Å². The number of nitrogens with zero attached hydrogens (tertiary/aromatic N) is 2. The molecule has 1 unspecified atom stereocenters. The summed E-state index contributed by atoms with van der Waals surface area (Å²) >= 11 is 1.39. The van der Waals surface area contributed by atoms with Gasteiger partial charge < -0.3 is 0 Å². The lowest BCUT2D eigenvalue weighted by Crippen LogP contribution is -2.58. The normalized spacial score (nSPS) is 22.2. The van der Waals surface area contributed by atoms with Crippen molar-refractivity contribution in [1.82, 2.24) is 10.3 Å². The highest BCUT2D eigenvalue weighted by molar-refractivity contribution is 7.16. The number of carbonyl (C=O) groups excluding carboxylic acids is 3. The summed E-state index contributed by atoms with van der Waals surface area (Å²) in [5, 5.41) is 2.67. The molecule has 2 aliphatic rings. The zero-order valence-electron chi connectivity index (χ0n) is 11.8. The van der Waals surface area contributed by atoms with Crippen LogP contribution in [0, 0.1) is 5.92 Å². The van der Waals surface area contributed by atoms with Gasteiger partial charge in [0.25, 0.3) is 0 Å². The van der Waals surface area contributed by atoms with Gasteiger partial charge in [-0.15, -0.1) is 11.3 Å². The van der Waals surface area contributed by atoms with E-state index in [4.69, 9.17) is 0 Å². The lowest BCUT2D eigenvalue weighted by molar-refractivity contribution is -0.134. The van der Waals surface area contributed by atoms with Crippen LogP contribution in [-0.2, 0) is 22.4 Å². The molecule has 1 fully saturated rings. The summed E-state index contributed by atoms with van der Waals surface area (Å²) in [6, 6.07) is -0.677. The van der Waals surface area contributed by atoms with Crippen molar-refractivity contribution in [3.63, 3.8) is 0 Å². The van der Waals surface area contributed by atoms with Crippen molar-refractivity contribution in [3.8, 4) is 0 Å². The summed E-state index contributed by atoms with van der Waals surface area (Å²) in [5.74, 6) is -1.73. The summed E-state index contributed by atoms with van der Waals surface area (Å²) in [5.41, 5.74) is 0.991. The molecule has 112 valence electrons. The van der Waals surface area contributed by atoms with Gasteiger partial charge in [-0.3, -0.25) is 14.9 Å². The minimum absolute atomic E-state index is 0.401. The van der Waals surface area contributed by atoms with E-state index in [1.807, 2.05) is 6.92 Å². The molecular weight excluding hydrogens is 290 g/mol. The Balaban J connectivity index is 1.92. The fourth-order valence-corrected chi connectivity index (χ4v) is 3.93. The van der Waals surface area contributed by atoms with Gasteiger partial charge in [-0.1, -0.05) is 13.3 Å². The highest BCUT2D eigenvalue weighted by Gasteiger charge is 2.42. The van der Waals surface area contributed by atoms with Crippen LogP contribution in [0.15, 0.2) is 0 Å². The summed E-state index contributed by atoms with van der Waals surface area (Å²) in [6.07, 6.45) is 5.21. The number of hydrogen-bond donors (Lipinski definition) is 1. The molecular formula is C14H17N3O3S. The van der Waals surface area contributed by atoms with Crippen molar-refractivity contribution in [1.29, 1.82) is 0 Å². The number of thiazole rings is 1. The molecule has 21 heavy (non-hydrogen) atoms. The second-order valence-corrected chi connectivity index (χ2v) is 6.44. The molecule has 7 heteroatoms. The molecule has 0 aromatic carbocycles. The first-order chi connectivity index (χ1) is 10.1. The molecule has 2 heterocycles. The highest BCUT2D eigenvalue weighted by Crippen LogP contribution is 2.33. The third-order valence-electron chi connectivity index (χ3n) is 3.87. The van der Waals surface area contributed by atoms with E-state index in [2.05, 4.69) is 10.3 Å². The van der Waals surface area contributed by atoms with E-state index in [9.17, 15) is 14.4 Å². The summed E-state index contributed by atoms with van der Waals surface area (Å²) in [4.78, 5) is 42.9. The molecule has 0 spiro atoms. The Morgan fingerprint density at radius 3 is 2.76 bits per heavy atom. The number of hydrogen-bond acceptors (Lipinski definition) is 5. The van der Waals surface area contributed by atoms with Gasteiger partial charge in [-0.05, 0) is 32.1 Å². The Kier molecular flexibility index (Phi) is 3.75. The van der Waals surface area contributed by atoms with E-state index in [1.165, 1.54) is 11.3 Å². The van der Waals surface area contributed by atoms with Crippen LogP contribution in [0.1, 0.15) is 43.2 Å². The predicted molar refractivity (Wildman–Crippen MR) is 78.2 cm³/mol. The first-order valence-corrected chi connectivity index (χ1v) is 8.10. The van der Waals surface area contributed by atoms with E-state index in [0.717, 1.165) is 41.2 Å². The zero-order valence-corrected chi connectivity index (χ0v) is 12.7. The van der Waals surface area contributed by atoms with Gasteiger partial charge in [0.15, 0.2) is 0 Å². The van der Waals surface area contributed by atoms with Crippen LogP contribution in [0.4, 0.5) is 9.93 Å². The second kappa shape index (κ2) is 5.55. The van der Waals surface area contributed by atoms with Crippen LogP contribution in [-0.4, -0.2) is 22.8 Å². The van der Waals surface area contributed by atoms with Crippen LogP contribution in [0.5, 0.6) is 0 Å². The molecule has 0 radical (unpaired) electrons. The summed E-state index contributed by atoms with van der Waals surface area (Å²) in [6.45, 7) is 1.91. The third kappa shape index (κ3) is 2.46. The second-order valence-electron chi connectivity index (χ2n) is 5.38. The smallest absolute Gasteiger partial charge is 0.277 e. The largest absolute Gasteiger partial charge is 0.337 e. The molecule has 1 aliphatic heterocycles. The average molecular weight is 307 g/mol. The lowest BCUT2D eigenvalue weighted by atomic mass is 9.99. The minimum Gasteiger partial charge on any atom is -0.277 e. The predicted octanol–water partition coefficient (Wildman–Crippen LogP) is 2.02. The Bertz CT molecular complexity index is 587. The maximum absolute atomic E-state index is 12.5. The molecule has 1 aliphatic carbocycles. The Labute approximate surface area is 126 Å².